The Hall–Kier alpha value is -1.84. The van der Waals surface area contributed by atoms with E-state index in [1.807, 2.05) is 0 Å². The molecule has 2 aromatic rings. The zero-order valence-electron chi connectivity index (χ0n) is 9.98. The molecule has 0 unspecified atom stereocenters. The average molecular weight is 256 g/mol. The second kappa shape index (κ2) is 6.19. The van der Waals surface area contributed by atoms with E-state index in [0.717, 1.165) is 12.1 Å². The first-order valence-electron chi connectivity index (χ1n) is 5.24. The van der Waals surface area contributed by atoms with Crippen molar-refractivity contribution in [1.29, 1.82) is 0 Å². The van der Waals surface area contributed by atoms with Crippen molar-refractivity contribution >= 4 is 0 Å². The minimum Gasteiger partial charge on any atom is -0.207 e. The maximum Gasteiger partial charge on any atom is 0.161 e. The van der Waals surface area contributed by atoms with E-state index < -0.39 is 23.3 Å². The van der Waals surface area contributed by atoms with Crippen LogP contribution >= 0.6 is 0 Å². The van der Waals surface area contributed by atoms with Crippen molar-refractivity contribution in [1.82, 2.24) is 0 Å². The second-order valence-electron chi connectivity index (χ2n) is 3.76. The van der Waals surface area contributed by atoms with E-state index >= 15 is 0 Å². The first-order chi connectivity index (χ1) is 8.41. The van der Waals surface area contributed by atoms with Gasteiger partial charge in [-0.15, -0.1) is 0 Å². The Balaban J connectivity index is 0.000000180. The van der Waals surface area contributed by atoms with Crippen LogP contribution in [0.2, 0.25) is 0 Å². The zero-order chi connectivity index (χ0) is 13.7. The summed E-state index contributed by atoms with van der Waals surface area (Å²) in [6.45, 7) is 3.12. The summed E-state index contributed by atoms with van der Waals surface area (Å²) in [4.78, 5) is 0. The van der Waals surface area contributed by atoms with Gasteiger partial charge in [0, 0.05) is 6.07 Å². The van der Waals surface area contributed by atoms with E-state index in [1.165, 1.54) is 31.2 Å². The molecule has 0 radical (unpaired) electrons. The van der Waals surface area contributed by atoms with Crippen LogP contribution in [-0.4, -0.2) is 0 Å². The minimum atomic E-state index is -0.782. The third-order valence-corrected chi connectivity index (χ3v) is 2.28. The summed E-state index contributed by atoms with van der Waals surface area (Å²) in [7, 11) is 0. The highest BCUT2D eigenvalue weighted by Crippen LogP contribution is 2.08. The molecular weight excluding hydrogens is 244 g/mol. The number of rotatable bonds is 0. The first-order valence-corrected chi connectivity index (χ1v) is 5.24. The molecule has 18 heavy (non-hydrogen) atoms. The van der Waals surface area contributed by atoms with Crippen molar-refractivity contribution in [3.63, 3.8) is 0 Å². The van der Waals surface area contributed by atoms with Crippen molar-refractivity contribution in [3.8, 4) is 0 Å². The van der Waals surface area contributed by atoms with Gasteiger partial charge in [-0.25, -0.2) is 17.6 Å². The lowest BCUT2D eigenvalue weighted by Gasteiger charge is -1.93. The monoisotopic (exact) mass is 256 g/mol. The standard InChI is InChI=1S/2C7H6F2/c1-5-2-3-6(8)4-7(5)9;1-5-3-2-4-6(8)7(5)9/h2*2-4H,1H3. The molecule has 96 valence electrons. The van der Waals surface area contributed by atoms with E-state index in [4.69, 9.17) is 0 Å². The Morgan fingerprint density at radius 2 is 1.39 bits per heavy atom. The van der Waals surface area contributed by atoms with Crippen LogP contribution in [0.4, 0.5) is 17.6 Å². The lowest BCUT2D eigenvalue weighted by atomic mass is 10.2. The van der Waals surface area contributed by atoms with Crippen molar-refractivity contribution in [2.45, 2.75) is 13.8 Å². The number of hydrogen-bond acceptors (Lipinski definition) is 0. The predicted octanol–water partition coefficient (Wildman–Crippen LogP) is 4.55. The third kappa shape index (κ3) is 3.87. The molecule has 0 spiro atoms. The average Bonchev–Trinajstić information content (AvgIpc) is 2.32. The van der Waals surface area contributed by atoms with Gasteiger partial charge in [-0.3, -0.25) is 0 Å². The zero-order valence-corrected chi connectivity index (χ0v) is 9.98. The Labute approximate surface area is 103 Å². The Kier molecular flexibility index (Phi) is 4.89. The van der Waals surface area contributed by atoms with Crippen LogP contribution in [-0.2, 0) is 0 Å². The summed E-state index contributed by atoms with van der Waals surface area (Å²) >= 11 is 0. The van der Waals surface area contributed by atoms with Gasteiger partial charge < -0.3 is 0 Å². The molecule has 2 aromatic carbocycles. The number of hydrogen-bond donors (Lipinski definition) is 0. The van der Waals surface area contributed by atoms with Gasteiger partial charge in [0.05, 0.1) is 0 Å². The molecule has 0 fully saturated rings. The number of halogens is 4. The Morgan fingerprint density at radius 3 is 1.83 bits per heavy atom. The largest absolute Gasteiger partial charge is 0.207 e. The van der Waals surface area contributed by atoms with Crippen LogP contribution < -0.4 is 0 Å². The van der Waals surface area contributed by atoms with Crippen LogP contribution in [0.5, 0.6) is 0 Å². The summed E-state index contributed by atoms with van der Waals surface area (Å²) in [5.74, 6) is -2.55. The first kappa shape index (κ1) is 14.2. The van der Waals surface area contributed by atoms with Crippen LogP contribution in [0.25, 0.3) is 0 Å². The van der Waals surface area contributed by atoms with E-state index in [0.29, 0.717) is 11.1 Å². The molecule has 0 aromatic heterocycles. The molecule has 0 heterocycles. The van der Waals surface area contributed by atoms with Crippen LogP contribution in [0, 0.1) is 37.1 Å². The SMILES string of the molecule is Cc1ccc(F)cc1F.Cc1cccc(F)c1F. The van der Waals surface area contributed by atoms with Crippen LogP contribution in [0.1, 0.15) is 11.1 Å². The second-order valence-corrected chi connectivity index (χ2v) is 3.76. The van der Waals surface area contributed by atoms with E-state index in [9.17, 15) is 17.6 Å². The van der Waals surface area contributed by atoms with Gasteiger partial charge in [0.25, 0.3) is 0 Å². The predicted molar refractivity (Wildman–Crippen MR) is 62.2 cm³/mol. The van der Waals surface area contributed by atoms with E-state index in [2.05, 4.69) is 0 Å². The summed E-state index contributed by atoms with van der Waals surface area (Å²) in [5.41, 5.74) is 0.811. The summed E-state index contributed by atoms with van der Waals surface area (Å²) in [6.07, 6.45) is 0. The van der Waals surface area contributed by atoms with Crippen molar-refractivity contribution < 1.29 is 17.6 Å². The summed E-state index contributed by atoms with van der Waals surface area (Å²) < 4.78 is 49.0. The van der Waals surface area contributed by atoms with Crippen LogP contribution in [0.15, 0.2) is 36.4 Å². The van der Waals surface area contributed by atoms with Crippen LogP contribution in [0.3, 0.4) is 0 Å². The fourth-order valence-electron chi connectivity index (χ4n) is 1.18. The van der Waals surface area contributed by atoms with Gasteiger partial charge in [-0.2, -0.15) is 0 Å². The van der Waals surface area contributed by atoms with Gasteiger partial charge in [0.15, 0.2) is 11.6 Å². The van der Waals surface area contributed by atoms with Gasteiger partial charge in [-0.1, -0.05) is 18.2 Å². The lowest BCUT2D eigenvalue weighted by molar-refractivity contribution is 0.503. The van der Waals surface area contributed by atoms with Crippen molar-refractivity contribution in [3.05, 3.63) is 70.8 Å². The normalized spacial score (nSPS) is 9.67. The summed E-state index contributed by atoms with van der Waals surface area (Å²) in [6, 6.07) is 7.62. The molecule has 0 saturated carbocycles. The van der Waals surface area contributed by atoms with Crippen molar-refractivity contribution in [2.75, 3.05) is 0 Å². The van der Waals surface area contributed by atoms with Gasteiger partial charge >= 0.3 is 0 Å². The molecule has 0 saturated heterocycles. The highest BCUT2D eigenvalue weighted by Gasteiger charge is 2.00. The minimum absolute atomic E-state index is 0.343. The quantitative estimate of drug-likeness (QED) is 0.607. The molecule has 0 aliphatic heterocycles. The molecular formula is C14H12F4. The fraction of sp³-hybridized carbons (Fsp3) is 0.143. The third-order valence-electron chi connectivity index (χ3n) is 2.28. The van der Waals surface area contributed by atoms with Gasteiger partial charge in [0.1, 0.15) is 11.6 Å². The highest BCUT2D eigenvalue weighted by atomic mass is 19.2. The van der Waals surface area contributed by atoms with E-state index in [-0.39, 0.29) is 0 Å². The maximum atomic E-state index is 12.4. The molecule has 0 atom stereocenters. The maximum absolute atomic E-state index is 12.4. The molecule has 4 heteroatoms. The van der Waals surface area contributed by atoms with Crippen molar-refractivity contribution in [2.24, 2.45) is 0 Å². The Morgan fingerprint density at radius 1 is 0.722 bits per heavy atom. The molecule has 2 rings (SSSR count). The van der Waals surface area contributed by atoms with E-state index in [1.54, 1.807) is 6.92 Å². The molecule has 0 aliphatic carbocycles. The molecule has 0 amide bonds. The Bertz CT molecular complexity index is 515. The molecule has 0 N–H and O–H groups in total. The number of aryl methyl sites for hydroxylation is 2. The van der Waals surface area contributed by atoms with Gasteiger partial charge in [-0.05, 0) is 37.1 Å². The van der Waals surface area contributed by atoms with Gasteiger partial charge in [0.2, 0.25) is 0 Å². The smallest absolute Gasteiger partial charge is 0.161 e. The topological polar surface area (TPSA) is 0 Å². The number of benzene rings is 2. The summed E-state index contributed by atoms with van der Waals surface area (Å²) in [5, 5.41) is 0. The highest BCUT2D eigenvalue weighted by molar-refractivity contribution is 5.17. The lowest BCUT2D eigenvalue weighted by Crippen LogP contribution is -1.85. The molecule has 0 nitrogen and oxygen atoms in total. The molecule has 0 aliphatic rings. The molecule has 0 bridgehead atoms. The fourth-order valence-corrected chi connectivity index (χ4v) is 1.18.